The van der Waals surface area contributed by atoms with E-state index in [0.717, 1.165) is 6.42 Å². The summed E-state index contributed by atoms with van der Waals surface area (Å²) in [4.78, 5) is 11.0. The van der Waals surface area contributed by atoms with Crippen molar-refractivity contribution < 1.29 is 14.3 Å². The number of carbonyl (C=O) groups is 1. The molecule has 0 spiro atoms. The quantitative estimate of drug-likeness (QED) is 0.887. The van der Waals surface area contributed by atoms with Gasteiger partial charge in [-0.3, -0.25) is 4.79 Å². The Balaban J connectivity index is 2.39. The maximum atomic E-state index is 13.6. The number of carboxylic acid groups (broad SMARTS) is 1. The summed E-state index contributed by atoms with van der Waals surface area (Å²) in [6, 6.07) is 3.86. The van der Waals surface area contributed by atoms with Gasteiger partial charge in [-0.05, 0) is 35.0 Å². The molecule has 8 heteroatoms. The van der Waals surface area contributed by atoms with E-state index in [1.807, 2.05) is 6.92 Å². The average molecular weight is 313 g/mol. The van der Waals surface area contributed by atoms with E-state index in [1.54, 1.807) is 6.07 Å². The van der Waals surface area contributed by atoms with Crippen LogP contribution in [0.4, 0.5) is 4.39 Å². The molecule has 1 aromatic heterocycles. The number of hydrogen-bond acceptors (Lipinski definition) is 4. The SMILES string of the molecule is CCCC(CC(=O)O)n1nnnc1-c1ccc(Cl)c(F)c1. The fourth-order valence-electron chi connectivity index (χ4n) is 2.11. The fraction of sp³-hybridized carbons (Fsp3) is 0.385. The van der Waals surface area contributed by atoms with E-state index >= 15 is 0 Å². The lowest BCUT2D eigenvalue weighted by molar-refractivity contribution is -0.138. The summed E-state index contributed by atoms with van der Waals surface area (Å²) >= 11 is 5.65. The molecule has 0 aliphatic heterocycles. The van der Waals surface area contributed by atoms with Gasteiger partial charge in [0.25, 0.3) is 0 Å². The van der Waals surface area contributed by atoms with Crippen LogP contribution in [0.2, 0.25) is 5.02 Å². The Bertz CT molecular complexity index is 647. The summed E-state index contributed by atoms with van der Waals surface area (Å²) < 4.78 is 15.0. The molecule has 0 saturated heterocycles. The second-order valence-electron chi connectivity index (χ2n) is 4.62. The summed E-state index contributed by atoms with van der Waals surface area (Å²) in [6.07, 6.45) is 1.30. The van der Waals surface area contributed by atoms with Crippen LogP contribution in [0.15, 0.2) is 18.2 Å². The van der Waals surface area contributed by atoms with E-state index in [2.05, 4.69) is 15.5 Å². The number of aliphatic carboxylic acids is 1. The molecular weight excluding hydrogens is 299 g/mol. The predicted molar refractivity (Wildman–Crippen MR) is 74.4 cm³/mol. The Morgan fingerprint density at radius 1 is 1.52 bits per heavy atom. The first-order valence-electron chi connectivity index (χ1n) is 6.48. The van der Waals surface area contributed by atoms with Crippen LogP contribution >= 0.6 is 11.6 Å². The van der Waals surface area contributed by atoms with Crippen molar-refractivity contribution in [1.82, 2.24) is 20.2 Å². The number of aromatic nitrogens is 4. The highest BCUT2D eigenvalue weighted by Crippen LogP contribution is 2.26. The molecule has 6 nitrogen and oxygen atoms in total. The van der Waals surface area contributed by atoms with Crippen molar-refractivity contribution in [3.05, 3.63) is 29.0 Å². The maximum absolute atomic E-state index is 13.6. The molecule has 0 aliphatic rings. The molecular formula is C13H14ClFN4O2. The van der Waals surface area contributed by atoms with E-state index in [9.17, 15) is 9.18 Å². The van der Waals surface area contributed by atoms with Gasteiger partial charge in [-0.15, -0.1) is 5.10 Å². The summed E-state index contributed by atoms with van der Waals surface area (Å²) in [6.45, 7) is 1.95. The van der Waals surface area contributed by atoms with Gasteiger partial charge in [0.1, 0.15) is 5.82 Å². The van der Waals surface area contributed by atoms with Gasteiger partial charge in [-0.25, -0.2) is 9.07 Å². The van der Waals surface area contributed by atoms with E-state index in [-0.39, 0.29) is 17.5 Å². The van der Waals surface area contributed by atoms with Gasteiger partial charge in [0.15, 0.2) is 5.82 Å². The highest BCUT2D eigenvalue weighted by molar-refractivity contribution is 6.30. The smallest absolute Gasteiger partial charge is 0.305 e. The van der Waals surface area contributed by atoms with E-state index in [1.165, 1.54) is 16.8 Å². The zero-order valence-corrected chi connectivity index (χ0v) is 12.1. The summed E-state index contributed by atoms with van der Waals surface area (Å²) in [5.41, 5.74) is 0.452. The minimum Gasteiger partial charge on any atom is -0.481 e. The molecule has 1 atom stereocenters. The van der Waals surface area contributed by atoms with Gasteiger partial charge < -0.3 is 5.11 Å². The molecule has 0 bridgehead atoms. The Morgan fingerprint density at radius 3 is 2.90 bits per heavy atom. The first kappa shape index (κ1) is 15.4. The lowest BCUT2D eigenvalue weighted by Gasteiger charge is -2.15. The molecule has 0 amide bonds. The van der Waals surface area contributed by atoms with Crippen LogP contribution in [0, 0.1) is 5.82 Å². The molecule has 1 N–H and O–H groups in total. The first-order chi connectivity index (χ1) is 10.0. The lowest BCUT2D eigenvalue weighted by Crippen LogP contribution is -2.16. The topological polar surface area (TPSA) is 80.9 Å². The normalized spacial score (nSPS) is 12.3. The highest BCUT2D eigenvalue weighted by atomic mass is 35.5. The van der Waals surface area contributed by atoms with Crippen LogP contribution in [0.5, 0.6) is 0 Å². The zero-order valence-electron chi connectivity index (χ0n) is 11.3. The van der Waals surface area contributed by atoms with Crippen molar-refractivity contribution in [2.75, 3.05) is 0 Å². The highest BCUT2D eigenvalue weighted by Gasteiger charge is 2.21. The van der Waals surface area contributed by atoms with Crippen molar-refractivity contribution in [2.24, 2.45) is 0 Å². The molecule has 0 radical (unpaired) electrons. The third kappa shape index (κ3) is 3.55. The maximum Gasteiger partial charge on any atom is 0.305 e. The molecule has 112 valence electrons. The molecule has 1 aromatic carbocycles. The molecule has 2 rings (SSSR count). The molecule has 1 unspecified atom stereocenters. The van der Waals surface area contributed by atoms with Crippen molar-refractivity contribution in [2.45, 2.75) is 32.2 Å². The van der Waals surface area contributed by atoms with Crippen LogP contribution in [-0.4, -0.2) is 31.3 Å². The number of carboxylic acids is 1. The number of rotatable bonds is 6. The third-order valence-corrected chi connectivity index (χ3v) is 3.36. The molecule has 0 aliphatic carbocycles. The Hall–Kier alpha value is -2.02. The van der Waals surface area contributed by atoms with E-state index in [0.29, 0.717) is 17.8 Å². The second kappa shape index (κ2) is 6.62. The van der Waals surface area contributed by atoms with Crippen LogP contribution in [0.25, 0.3) is 11.4 Å². The van der Waals surface area contributed by atoms with Gasteiger partial charge >= 0.3 is 5.97 Å². The summed E-state index contributed by atoms with van der Waals surface area (Å²) in [5.74, 6) is -1.18. The minimum absolute atomic E-state index is 0.00780. The number of halogens is 2. The Morgan fingerprint density at radius 2 is 2.29 bits per heavy atom. The molecule has 0 saturated carbocycles. The van der Waals surface area contributed by atoms with Crippen LogP contribution < -0.4 is 0 Å². The predicted octanol–water partition coefficient (Wildman–Crippen LogP) is 2.95. The van der Waals surface area contributed by atoms with E-state index < -0.39 is 11.8 Å². The Labute approximate surface area is 125 Å². The minimum atomic E-state index is -0.933. The Kier molecular flexibility index (Phi) is 4.85. The molecule has 2 aromatic rings. The van der Waals surface area contributed by atoms with Gasteiger partial charge in [0.05, 0.1) is 17.5 Å². The number of hydrogen-bond donors (Lipinski definition) is 1. The monoisotopic (exact) mass is 312 g/mol. The summed E-state index contributed by atoms with van der Waals surface area (Å²) in [5, 5.41) is 20.3. The standard InChI is InChI=1S/C13H14ClFN4O2/c1-2-3-9(7-12(20)21)19-13(16-17-18-19)8-4-5-10(14)11(15)6-8/h4-6,9H,2-3,7H2,1H3,(H,20,21). The largest absolute Gasteiger partial charge is 0.481 e. The van der Waals surface area contributed by atoms with Gasteiger partial charge in [-0.2, -0.15) is 0 Å². The number of nitrogens with zero attached hydrogens (tertiary/aromatic N) is 4. The fourth-order valence-corrected chi connectivity index (χ4v) is 2.23. The third-order valence-electron chi connectivity index (χ3n) is 3.05. The zero-order chi connectivity index (χ0) is 15.4. The number of benzene rings is 1. The lowest BCUT2D eigenvalue weighted by atomic mass is 10.1. The second-order valence-corrected chi connectivity index (χ2v) is 5.02. The number of tetrazole rings is 1. The van der Waals surface area contributed by atoms with Crippen molar-refractivity contribution in [1.29, 1.82) is 0 Å². The molecule has 0 fully saturated rings. The average Bonchev–Trinajstić information content (AvgIpc) is 2.90. The summed E-state index contributed by atoms with van der Waals surface area (Å²) in [7, 11) is 0. The van der Waals surface area contributed by atoms with E-state index in [4.69, 9.17) is 16.7 Å². The van der Waals surface area contributed by atoms with Crippen molar-refractivity contribution >= 4 is 17.6 Å². The van der Waals surface area contributed by atoms with Gasteiger partial charge in [0.2, 0.25) is 0 Å². The van der Waals surface area contributed by atoms with Crippen LogP contribution in [0.1, 0.15) is 32.2 Å². The van der Waals surface area contributed by atoms with Crippen molar-refractivity contribution in [3.8, 4) is 11.4 Å². The van der Waals surface area contributed by atoms with Gasteiger partial charge in [-0.1, -0.05) is 24.9 Å². The van der Waals surface area contributed by atoms with Crippen LogP contribution in [0.3, 0.4) is 0 Å². The molecule has 1 heterocycles. The van der Waals surface area contributed by atoms with Crippen molar-refractivity contribution in [3.63, 3.8) is 0 Å². The first-order valence-corrected chi connectivity index (χ1v) is 6.85. The molecule has 21 heavy (non-hydrogen) atoms. The van der Waals surface area contributed by atoms with Gasteiger partial charge in [0, 0.05) is 5.56 Å². The van der Waals surface area contributed by atoms with Crippen LogP contribution in [-0.2, 0) is 4.79 Å².